The number of ether oxygens (including phenoxy) is 2. The first-order chi connectivity index (χ1) is 7.58. The van der Waals surface area contributed by atoms with Gasteiger partial charge in [0.15, 0.2) is 6.29 Å². The third kappa shape index (κ3) is 3.55. The summed E-state index contributed by atoms with van der Waals surface area (Å²) in [5, 5.41) is 2.74. The van der Waals surface area contributed by atoms with Crippen molar-refractivity contribution in [2.24, 2.45) is 0 Å². The molecule has 90 valence electrons. The van der Waals surface area contributed by atoms with Crippen molar-refractivity contribution in [1.82, 2.24) is 5.32 Å². The first-order valence-corrected chi connectivity index (χ1v) is 6.29. The van der Waals surface area contributed by atoms with Crippen LogP contribution in [0.2, 0.25) is 0 Å². The van der Waals surface area contributed by atoms with Crippen molar-refractivity contribution in [1.29, 1.82) is 0 Å². The maximum Gasteiger partial charge on any atom is 0.261 e. The minimum absolute atomic E-state index is 0.113. The number of halogens is 1. The number of nitrogens with one attached hydrogen (secondary N) is 1. The number of methoxy groups -OCH3 is 2. The molecule has 1 N–H and O–H groups in total. The zero-order chi connectivity index (χ0) is 12.1. The molecule has 0 fully saturated rings. The highest BCUT2D eigenvalue weighted by Gasteiger charge is 2.13. The third-order valence-corrected chi connectivity index (χ3v) is 4.17. The van der Waals surface area contributed by atoms with Crippen molar-refractivity contribution in [2.75, 3.05) is 20.8 Å². The van der Waals surface area contributed by atoms with Crippen LogP contribution in [0, 0.1) is 6.92 Å². The fraction of sp³-hybridized carbons (Fsp3) is 0.500. The van der Waals surface area contributed by atoms with E-state index < -0.39 is 6.29 Å². The molecule has 0 aliphatic rings. The quantitative estimate of drug-likeness (QED) is 0.848. The van der Waals surface area contributed by atoms with Crippen LogP contribution in [0.5, 0.6) is 0 Å². The van der Waals surface area contributed by atoms with Crippen LogP contribution in [0.15, 0.2) is 9.85 Å². The fourth-order valence-electron chi connectivity index (χ4n) is 1.10. The predicted molar refractivity (Wildman–Crippen MR) is 66.9 cm³/mol. The molecule has 1 aromatic heterocycles. The van der Waals surface area contributed by atoms with Crippen molar-refractivity contribution in [3.8, 4) is 0 Å². The first kappa shape index (κ1) is 13.6. The van der Waals surface area contributed by atoms with E-state index in [2.05, 4.69) is 21.2 Å². The summed E-state index contributed by atoms with van der Waals surface area (Å²) in [6.07, 6.45) is -0.409. The average Bonchev–Trinajstić information content (AvgIpc) is 2.60. The first-order valence-electron chi connectivity index (χ1n) is 4.68. The van der Waals surface area contributed by atoms with Gasteiger partial charge in [-0.25, -0.2) is 0 Å². The molecule has 1 heterocycles. The SMILES string of the molecule is COC(CNC(=O)c1cc(C)c(Br)s1)OC. The molecule has 0 saturated carbocycles. The maximum atomic E-state index is 11.7. The van der Waals surface area contributed by atoms with E-state index in [1.165, 1.54) is 25.6 Å². The largest absolute Gasteiger partial charge is 0.354 e. The van der Waals surface area contributed by atoms with E-state index in [9.17, 15) is 4.79 Å². The number of amides is 1. The molecule has 1 rings (SSSR count). The van der Waals surface area contributed by atoms with Crippen LogP contribution < -0.4 is 5.32 Å². The van der Waals surface area contributed by atoms with Crippen LogP contribution in [-0.2, 0) is 9.47 Å². The zero-order valence-electron chi connectivity index (χ0n) is 9.37. The maximum absolute atomic E-state index is 11.7. The van der Waals surface area contributed by atoms with Crippen LogP contribution in [0.4, 0.5) is 0 Å². The van der Waals surface area contributed by atoms with E-state index >= 15 is 0 Å². The summed E-state index contributed by atoms with van der Waals surface area (Å²) in [7, 11) is 3.07. The number of carbonyl (C=O) groups excluding carboxylic acids is 1. The number of rotatable bonds is 5. The molecule has 1 amide bonds. The summed E-state index contributed by atoms with van der Waals surface area (Å²) in [5.41, 5.74) is 1.06. The van der Waals surface area contributed by atoms with Gasteiger partial charge in [0.25, 0.3) is 5.91 Å². The standard InChI is InChI=1S/C10H14BrNO3S/c1-6-4-7(16-9(6)11)10(13)12-5-8(14-2)15-3/h4,8H,5H2,1-3H3,(H,12,13). The lowest BCUT2D eigenvalue weighted by Crippen LogP contribution is -2.33. The van der Waals surface area contributed by atoms with Gasteiger partial charge >= 0.3 is 0 Å². The summed E-state index contributed by atoms with van der Waals surface area (Å²) in [6, 6.07) is 1.85. The van der Waals surface area contributed by atoms with Gasteiger partial charge in [0.2, 0.25) is 0 Å². The molecule has 1 aromatic rings. The Hall–Kier alpha value is -0.430. The van der Waals surface area contributed by atoms with Gasteiger partial charge < -0.3 is 14.8 Å². The van der Waals surface area contributed by atoms with E-state index in [-0.39, 0.29) is 5.91 Å². The van der Waals surface area contributed by atoms with Gasteiger partial charge in [0.1, 0.15) is 0 Å². The molecule has 0 aliphatic heterocycles. The van der Waals surface area contributed by atoms with Gasteiger partial charge in [-0.05, 0) is 34.5 Å². The van der Waals surface area contributed by atoms with Gasteiger partial charge in [-0.1, -0.05) is 0 Å². The third-order valence-electron chi connectivity index (χ3n) is 2.04. The smallest absolute Gasteiger partial charge is 0.261 e. The normalized spacial score (nSPS) is 10.8. The number of hydrogen-bond acceptors (Lipinski definition) is 4. The Balaban J connectivity index is 2.52. The van der Waals surface area contributed by atoms with Crippen molar-refractivity contribution in [3.63, 3.8) is 0 Å². The number of aryl methyl sites for hydroxylation is 1. The molecule has 0 atom stereocenters. The Bertz CT molecular complexity index is 343. The summed E-state index contributed by atoms with van der Waals surface area (Å²) in [5.74, 6) is -0.113. The minimum atomic E-state index is -0.409. The van der Waals surface area contributed by atoms with E-state index in [1.807, 2.05) is 13.0 Å². The highest BCUT2D eigenvalue weighted by molar-refractivity contribution is 9.11. The van der Waals surface area contributed by atoms with Gasteiger partial charge in [0, 0.05) is 14.2 Å². The Kier molecular flexibility index (Phi) is 5.40. The second-order valence-electron chi connectivity index (χ2n) is 3.18. The molecule has 0 aliphatic carbocycles. The van der Waals surface area contributed by atoms with Crippen molar-refractivity contribution >= 4 is 33.2 Å². The minimum Gasteiger partial charge on any atom is -0.354 e. The molecular weight excluding hydrogens is 294 g/mol. The Morgan fingerprint density at radius 2 is 2.19 bits per heavy atom. The van der Waals surface area contributed by atoms with Crippen molar-refractivity contribution in [2.45, 2.75) is 13.2 Å². The van der Waals surface area contributed by atoms with Gasteiger partial charge in [-0.15, -0.1) is 11.3 Å². The lowest BCUT2D eigenvalue weighted by Gasteiger charge is -2.13. The van der Waals surface area contributed by atoms with E-state index in [4.69, 9.17) is 9.47 Å². The van der Waals surface area contributed by atoms with Crippen molar-refractivity contribution < 1.29 is 14.3 Å². The molecule has 0 spiro atoms. The Labute approximate surface area is 107 Å². The molecule has 6 heteroatoms. The molecular formula is C10H14BrNO3S. The monoisotopic (exact) mass is 307 g/mol. The van der Waals surface area contributed by atoms with Crippen LogP contribution in [-0.4, -0.2) is 33.0 Å². The number of hydrogen-bond donors (Lipinski definition) is 1. The lowest BCUT2D eigenvalue weighted by atomic mass is 10.3. The molecule has 0 unspecified atom stereocenters. The Morgan fingerprint density at radius 1 is 1.56 bits per heavy atom. The summed E-state index contributed by atoms with van der Waals surface area (Å²) in [4.78, 5) is 12.4. The number of thiophene rings is 1. The van der Waals surface area contributed by atoms with Crippen LogP contribution in [0.3, 0.4) is 0 Å². The zero-order valence-corrected chi connectivity index (χ0v) is 11.8. The predicted octanol–water partition coefficient (Wildman–Crippen LogP) is 2.17. The van der Waals surface area contributed by atoms with Crippen LogP contribution in [0.1, 0.15) is 15.2 Å². The molecule has 0 saturated heterocycles. The van der Waals surface area contributed by atoms with E-state index in [1.54, 1.807) is 0 Å². The molecule has 0 bridgehead atoms. The highest BCUT2D eigenvalue weighted by Crippen LogP contribution is 2.27. The summed E-state index contributed by atoms with van der Waals surface area (Å²) in [6.45, 7) is 2.28. The van der Waals surface area contributed by atoms with Gasteiger partial charge in [-0.3, -0.25) is 4.79 Å². The second kappa shape index (κ2) is 6.34. The highest BCUT2D eigenvalue weighted by atomic mass is 79.9. The lowest BCUT2D eigenvalue weighted by molar-refractivity contribution is -0.0974. The summed E-state index contributed by atoms with van der Waals surface area (Å²) >= 11 is 4.79. The second-order valence-corrected chi connectivity index (χ2v) is 5.55. The van der Waals surface area contributed by atoms with Gasteiger partial charge in [-0.2, -0.15) is 0 Å². The van der Waals surface area contributed by atoms with Gasteiger partial charge in [0.05, 0.1) is 15.2 Å². The Morgan fingerprint density at radius 3 is 2.62 bits per heavy atom. The van der Waals surface area contributed by atoms with E-state index in [0.29, 0.717) is 11.4 Å². The fourth-order valence-corrected chi connectivity index (χ4v) is 2.55. The van der Waals surface area contributed by atoms with Crippen molar-refractivity contribution in [3.05, 3.63) is 20.3 Å². The summed E-state index contributed by atoms with van der Waals surface area (Å²) < 4.78 is 10.9. The average molecular weight is 308 g/mol. The van der Waals surface area contributed by atoms with Crippen LogP contribution in [0.25, 0.3) is 0 Å². The molecule has 0 radical (unpaired) electrons. The number of carbonyl (C=O) groups is 1. The molecule has 0 aromatic carbocycles. The topological polar surface area (TPSA) is 47.6 Å². The van der Waals surface area contributed by atoms with Crippen LogP contribution >= 0.6 is 27.3 Å². The van der Waals surface area contributed by atoms with E-state index in [0.717, 1.165) is 9.35 Å². The molecule has 4 nitrogen and oxygen atoms in total. The molecule has 16 heavy (non-hydrogen) atoms.